The van der Waals surface area contributed by atoms with Gasteiger partial charge in [0, 0.05) is 18.7 Å². The smallest absolute Gasteiger partial charge is 0.270 e. The minimum Gasteiger partial charge on any atom is -0.352 e. The molecule has 1 rings (SSSR count). The summed E-state index contributed by atoms with van der Waals surface area (Å²) in [4.78, 5) is 22.1. The zero-order valence-corrected chi connectivity index (χ0v) is 11.7. The van der Waals surface area contributed by atoms with Gasteiger partial charge in [0.25, 0.3) is 11.6 Å². The van der Waals surface area contributed by atoms with Crippen LogP contribution in [0.15, 0.2) is 18.2 Å². The normalized spacial score (nSPS) is 10.5. The summed E-state index contributed by atoms with van der Waals surface area (Å²) in [5.41, 5.74) is -0.00101. The molecule has 19 heavy (non-hydrogen) atoms. The number of carbonyl (C=O) groups excluding carboxylic acids is 1. The first-order valence-electron chi connectivity index (χ1n) is 6.21. The summed E-state index contributed by atoms with van der Waals surface area (Å²) in [6.45, 7) is 4.66. The van der Waals surface area contributed by atoms with Gasteiger partial charge in [-0.15, -0.1) is 0 Å². The third-order valence-corrected chi connectivity index (χ3v) is 3.44. The van der Waals surface area contributed by atoms with E-state index in [1.165, 1.54) is 18.2 Å². The minimum absolute atomic E-state index is 0.141. The van der Waals surface area contributed by atoms with E-state index >= 15 is 0 Å². The Kier molecular flexibility index (Phi) is 5.76. The van der Waals surface area contributed by atoms with E-state index in [1.54, 1.807) is 0 Å². The molecule has 0 spiro atoms. The van der Waals surface area contributed by atoms with E-state index in [-0.39, 0.29) is 22.2 Å². The zero-order chi connectivity index (χ0) is 14.4. The average Bonchev–Trinajstić information content (AvgIpc) is 2.39. The number of nitro benzene ring substituents is 1. The second kappa shape index (κ2) is 7.09. The Morgan fingerprint density at radius 3 is 2.58 bits per heavy atom. The van der Waals surface area contributed by atoms with Gasteiger partial charge in [0.05, 0.1) is 15.5 Å². The van der Waals surface area contributed by atoms with Crippen LogP contribution in [0, 0.1) is 16.0 Å². The minimum atomic E-state index is -0.548. The van der Waals surface area contributed by atoms with Gasteiger partial charge in [-0.2, -0.15) is 0 Å². The van der Waals surface area contributed by atoms with Crippen LogP contribution in [0.1, 0.15) is 37.0 Å². The van der Waals surface area contributed by atoms with Crippen molar-refractivity contribution in [2.24, 2.45) is 5.92 Å². The summed E-state index contributed by atoms with van der Waals surface area (Å²) in [7, 11) is 0. The number of amides is 1. The van der Waals surface area contributed by atoms with Gasteiger partial charge in [-0.25, -0.2) is 0 Å². The van der Waals surface area contributed by atoms with Crippen molar-refractivity contribution in [1.82, 2.24) is 5.32 Å². The van der Waals surface area contributed by atoms with Crippen molar-refractivity contribution < 1.29 is 9.72 Å². The predicted octanol–water partition coefficient (Wildman–Crippen LogP) is 3.41. The van der Waals surface area contributed by atoms with Crippen molar-refractivity contribution in [3.8, 4) is 0 Å². The number of rotatable bonds is 6. The number of carbonyl (C=O) groups is 1. The molecule has 0 aliphatic carbocycles. The Morgan fingerprint density at radius 2 is 2.05 bits per heavy atom. The molecule has 0 fully saturated rings. The molecule has 1 amide bonds. The third kappa shape index (κ3) is 4.21. The SMILES string of the molecule is CCC(CC)CNC(=O)c1cc([N+](=O)[O-])ccc1Cl. The molecule has 0 aliphatic rings. The number of non-ortho nitro benzene ring substituents is 1. The molecule has 0 aromatic heterocycles. The van der Waals surface area contributed by atoms with Crippen LogP contribution in [-0.4, -0.2) is 17.4 Å². The maximum Gasteiger partial charge on any atom is 0.270 e. The number of hydrogen-bond donors (Lipinski definition) is 1. The summed E-state index contributed by atoms with van der Waals surface area (Å²) < 4.78 is 0. The molecule has 0 atom stereocenters. The van der Waals surface area contributed by atoms with Gasteiger partial charge < -0.3 is 5.32 Å². The van der Waals surface area contributed by atoms with Crippen LogP contribution in [0.2, 0.25) is 5.02 Å². The van der Waals surface area contributed by atoms with Gasteiger partial charge in [-0.3, -0.25) is 14.9 Å². The first kappa shape index (κ1) is 15.4. The molecule has 1 aromatic rings. The van der Waals surface area contributed by atoms with Crippen LogP contribution in [-0.2, 0) is 0 Å². The molecule has 6 heteroatoms. The van der Waals surface area contributed by atoms with E-state index in [0.717, 1.165) is 12.8 Å². The number of nitrogens with one attached hydrogen (secondary N) is 1. The highest BCUT2D eigenvalue weighted by atomic mass is 35.5. The highest BCUT2D eigenvalue weighted by Crippen LogP contribution is 2.22. The number of benzene rings is 1. The van der Waals surface area contributed by atoms with Gasteiger partial charge >= 0.3 is 0 Å². The molecular weight excluding hydrogens is 268 g/mol. The number of halogens is 1. The Bertz CT molecular complexity index is 473. The monoisotopic (exact) mass is 284 g/mol. The molecule has 0 saturated heterocycles. The Labute approximate surface area is 117 Å². The molecule has 0 aliphatic heterocycles. The van der Waals surface area contributed by atoms with Gasteiger partial charge in [-0.05, 0) is 12.0 Å². The lowest BCUT2D eigenvalue weighted by Gasteiger charge is -2.13. The maximum atomic E-state index is 12.0. The number of hydrogen-bond acceptors (Lipinski definition) is 3. The van der Waals surface area contributed by atoms with Crippen LogP contribution in [0.5, 0.6) is 0 Å². The van der Waals surface area contributed by atoms with Crippen molar-refractivity contribution >= 4 is 23.2 Å². The van der Waals surface area contributed by atoms with E-state index in [1.807, 2.05) is 0 Å². The first-order valence-corrected chi connectivity index (χ1v) is 6.59. The summed E-state index contributed by atoms with van der Waals surface area (Å²) in [6.07, 6.45) is 1.94. The van der Waals surface area contributed by atoms with Gasteiger partial charge in [-0.1, -0.05) is 38.3 Å². The highest BCUT2D eigenvalue weighted by molar-refractivity contribution is 6.33. The lowest BCUT2D eigenvalue weighted by Crippen LogP contribution is -2.29. The van der Waals surface area contributed by atoms with Gasteiger partial charge in [0.15, 0.2) is 0 Å². The molecule has 0 saturated carbocycles. The second-order valence-corrected chi connectivity index (χ2v) is 4.72. The Morgan fingerprint density at radius 1 is 1.42 bits per heavy atom. The molecule has 1 N–H and O–H groups in total. The average molecular weight is 285 g/mol. The third-order valence-electron chi connectivity index (χ3n) is 3.11. The van der Waals surface area contributed by atoms with E-state index in [4.69, 9.17) is 11.6 Å². The van der Waals surface area contributed by atoms with E-state index in [2.05, 4.69) is 19.2 Å². The molecule has 0 bridgehead atoms. The highest BCUT2D eigenvalue weighted by Gasteiger charge is 2.16. The largest absolute Gasteiger partial charge is 0.352 e. The molecule has 0 unspecified atom stereocenters. The van der Waals surface area contributed by atoms with Crippen molar-refractivity contribution in [2.75, 3.05) is 6.54 Å². The number of nitrogens with zero attached hydrogens (tertiary/aromatic N) is 1. The van der Waals surface area contributed by atoms with Crippen molar-refractivity contribution in [1.29, 1.82) is 0 Å². The van der Waals surface area contributed by atoms with E-state index in [0.29, 0.717) is 12.5 Å². The fourth-order valence-electron chi connectivity index (χ4n) is 1.71. The van der Waals surface area contributed by atoms with Crippen molar-refractivity contribution in [3.05, 3.63) is 38.9 Å². The van der Waals surface area contributed by atoms with Gasteiger partial charge in [0.1, 0.15) is 0 Å². The van der Waals surface area contributed by atoms with Crippen LogP contribution in [0.3, 0.4) is 0 Å². The summed E-state index contributed by atoms with van der Waals surface area (Å²) >= 11 is 5.90. The Balaban J connectivity index is 2.81. The van der Waals surface area contributed by atoms with Crippen molar-refractivity contribution in [3.63, 3.8) is 0 Å². The summed E-state index contributed by atoms with van der Waals surface area (Å²) in [5.74, 6) is 0.0297. The van der Waals surface area contributed by atoms with Crippen LogP contribution in [0.25, 0.3) is 0 Å². The molecule has 5 nitrogen and oxygen atoms in total. The topological polar surface area (TPSA) is 72.2 Å². The molecular formula is C13H17ClN2O3. The fourth-order valence-corrected chi connectivity index (χ4v) is 1.91. The maximum absolute atomic E-state index is 12.0. The second-order valence-electron chi connectivity index (χ2n) is 4.31. The molecule has 1 aromatic carbocycles. The first-order chi connectivity index (χ1) is 8.99. The van der Waals surface area contributed by atoms with Crippen LogP contribution in [0.4, 0.5) is 5.69 Å². The lowest BCUT2D eigenvalue weighted by molar-refractivity contribution is -0.384. The van der Waals surface area contributed by atoms with Crippen LogP contribution < -0.4 is 5.32 Å². The van der Waals surface area contributed by atoms with Gasteiger partial charge in [0.2, 0.25) is 0 Å². The molecule has 0 radical (unpaired) electrons. The fraction of sp³-hybridized carbons (Fsp3) is 0.462. The Hall–Kier alpha value is -1.62. The zero-order valence-electron chi connectivity index (χ0n) is 11.0. The molecule has 0 heterocycles. The quantitative estimate of drug-likeness (QED) is 0.642. The van der Waals surface area contributed by atoms with Crippen molar-refractivity contribution in [2.45, 2.75) is 26.7 Å². The number of nitro groups is 1. The van der Waals surface area contributed by atoms with Crippen LogP contribution >= 0.6 is 11.6 Å². The van der Waals surface area contributed by atoms with E-state index in [9.17, 15) is 14.9 Å². The summed E-state index contributed by atoms with van der Waals surface area (Å²) in [5, 5.41) is 13.7. The molecule has 104 valence electrons. The standard InChI is InChI=1S/C13H17ClN2O3/c1-3-9(4-2)8-15-13(17)11-7-10(16(18)19)5-6-12(11)14/h5-7,9H,3-4,8H2,1-2H3,(H,15,17). The lowest BCUT2D eigenvalue weighted by atomic mass is 10.0. The van der Waals surface area contributed by atoms with E-state index < -0.39 is 4.92 Å². The predicted molar refractivity (Wildman–Crippen MR) is 74.5 cm³/mol. The summed E-state index contributed by atoms with van der Waals surface area (Å²) in [6, 6.07) is 3.84.